The van der Waals surface area contributed by atoms with E-state index >= 15 is 0 Å². The van der Waals surface area contributed by atoms with Crippen LogP contribution in [0.1, 0.15) is 65.2 Å². The minimum atomic E-state index is 0.139. The number of rotatable bonds is 10. The van der Waals surface area contributed by atoms with Crippen LogP contribution in [0.25, 0.3) is 0 Å². The van der Waals surface area contributed by atoms with E-state index in [4.69, 9.17) is 0 Å². The van der Waals surface area contributed by atoms with Crippen LogP contribution in [0.4, 0.5) is 11.4 Å². The van der Waals surface area contributed by atoms with Gasteiger partial charge in [0.05, 0.1) is 0 Å². The molecule has 2 N–H and O–H groups in total. The van der Waals surface area contributed by atoms with Crippen molar-refractivity contribution in [2.45, 2.75) is 65.2 Å². The molecule has 2 saturated carbocycles. The largest absolute Gasteiger partial charge is 0.326 e. The highest BCUT2D eigenvalue weighted by Crippen LogP contribution is 2.44. The Balaban J connectivity index is 1.41. The molecule has 0 unspecified atom stereocenters. The van der Waals surface area contributed by atoms with Gasteiger partial charge >= 0.3 is 0 Å². The zero-order valence-electron chi connectivity index (χ0n) is 16.1. The van der Waals surface area contributed by atoms with Gasteiger partial charge in [-0.1, -0.05) is 39.5 Å². The molecular formula is C22H32N2O2. The molecule has 2 amide bonds. The second-order valence-electron chi connectivity index (χ2n) is 8.04. The zero-order chi connectivity index (χ0) is 18.5. The number of nitrogens with one attached hydrogen (secondary N) is 2. The van der Waals surface area contributed by atoms with Crippen molar-refractivity contribution < 1.29 is 9.59 Å². The molecule has 2 aliphatic carbocycles. The minimum Gasteiger partial charge on any atom is -0.326 e. The Bertz CT molecular complexity index is 571. The topological polar surface area (TPSA) is 58.2 Å². The molecule has 2 aliphatic rings. The van der Waals surface area contributed by atoms with E-state index in [0.29, 0.717) is 11.8 Å². The van der Waals surface area contributed by atoms with Gasteiger partial charge in [-0.2, -0.15) is 0 Å². The standard InChI is InChI=1S/C22H32N2O2/c1-3-5-7-15-13-19(15)21(25)23-17-9-11-18(12-10-17)24-22(26)20-14-16(20)8-6-4-2/h9-12,15-16,19-20H,3-8,13-14H2,1-2H3,(H,23,25)(H,24,26)/t15-,16+,19+,20-. The first-order chi connectivity index (χ1) is 12.6. The van der Waals surface area contributed by atoms with Gasteiger partial charge in [0.25, 0.3) is 0 Å². The average molecular weight is 357 g/mol. The molecule has 2 fully saturated rings. The van der Waals surface area contributed by atoms with Gasteiger partial charge in [-0.15, -0.1) is 0 Å². The van der Waals surface area contributed by atoms with E-state index in [1.807, 2.05) is 24.3 Å². The molecule has 0 spiro atoms. The lowest BCUT2D eigenvalue weighted by Gasteiger charge is -2.08. The molecule has 142 valence electrons. The first-order valence-corrected chi connectivity index (χ1v) is 10.3. The maximum atomic E-state index is 12.3. The highest BCUT2D eigenvalue weighted by atomic mass is 16.2. The second kappa shape index (κ2) is 8.70. The summed E-state index contributed by atoms with van der Waals surface area (Å²) in [6.07, 6.45) is 9.20. The van der Waals surface area contributed by atoms with Crippen molar-refractivity contribution in [1.29, 1.82) is 0 Å². The van der Waals surface area contributed by atoms with Crippen molar-refractivity contribution in [3.05, 3.63) is 24.3 Å². The lowest BCUT2D eigenvalue weighted by molar-refractivity contribution is -0.118. The molecular weight excluding hydrogens is 324 g/mol. The summed E-state index contributed by atoms with van der Waals surface area (Å²) in [6.45, 7) is 4.37. The Morgan fingerprint density at radius 2 is 1.19 bits per heavy atom. The summed E-state index contributed by atoms with van der Waals surface area (Å²) >= 11 is 0. The summed E-state index contributed by atoms with van der Waals surface area (Å²) in [4.78, 5) is 24.5. The van der Waals surface area contributed by atoms with Crippen LogP contribution in [0.3, 0.4) is 0 Å². The van der Waals surface area contributed by atoms with Crippen molar-refractivity contribution in [2.24, 2.45) is 23.7 Å². The molecule has 26 heavy (non-hydrogen) atoms. The zero-order valence-corrected chi connectivity index (χ0v) is 16.1. The van der Waals surface area contributed by atoms with E-state index in [1.165, 1.54) is 38.5 Å². The molecule has 4 heteroatoms. The van der Waals surface area contributed by atoms with Crippen LogP contribution in [0, 0.1) is 23.7 Å². The van der Waals surface area contributed by atoms with Crippen LogP contribution in [0.15, 0.2) is 24.3 Å². The summed E-state index contributed by atoms with van der Waals surface area (Å²) in [7, 11) is 0. The number of carbonyl (C=O) groups is 2. The highest BCUT2D eigenvalue weighted by molar-refractivity contribution is 5.96. The fraction of sp³-hybridized carbons (Fsp3) is 0.636. The molecule has 0 saturated heterocycles. The van der Waals surface area contributed by atoms with Crippen LogP contribution in [0.5, 0.6) is 0 Å². The summed E-state index contributed by atoms with van der Waals surface area (Å²) in [6, 6.07) is 7.49. The number of hydrogen-bond donors (Lipinski definition) is 2. The first kappa shape index (κ1) is 18.9. The number of anilines is 2. The number of amides is 2. The van der Waals surface area contributed by atoms with Crippen molar-refractivity contribution >= 4 is 23.2 Å². The number of benzene rings is 1. The molecule has 0 radical (unpaired) electrons. The van der Waals surface area contributed by atoms with Crippen LogP contribution < -0.4 is 10.6 Å². The molecule has 3 rings (SSSR count). The predicted molar refractivity (Wildman–Crippen MR) is 106 cm³/mol. The summed E-state index contributed by atoms with van der Waals surface area (Å²) in [5, 5.41) is 6.01. The summed E-state index contributed by atoms with van der Waals surface area (Å²) < 4.78 is 0. The van der Waals surface area contributed by atoms with Gasteiger partial charge in [0.1, 0.15) is 0 Å². The SMILES string of the molecule is CCCC[C@@H]1C[C@@H]1C(=O)Nc1ccc(NC(=O)[C@@H]2C[C@@H]2CCCC)cc1. The Morgan fingerprint density at radius 3 is 1.54 bits per heavy atom. The fourth-order valence-electron chi connectivity index (χ4n) is 3.81. The van der Waals surface area contributed by atoms with Crippen molar-refractivity contribution in [2.75, 3.05) is 10.6 Å². The van der Waals surface area contributed by atoms with Gasteiger partial charge in [-0.3, -0.25) is 9.59 Å². The third-order valence-electron chi connectivity index (χ3n) is 5.80. The van der Waals surface area contributed by atoms with E-state index in [-0.39, 0.29) is 23.7 Å². The third-order valence-corrected chi connectivity index (χ3v) is 5.80. The molecule has 1 aromatic rings. The van der Waals surface area contributed by atoms with Crippen molar-refractivity contribution in [3.63, 3.8) is 0 Å². The number of carbonyl (C=O) groups excluding carboxylic acids is 2. The van der Waals surface area contributed by atoms with E-state index in [0.717, 1.165) is 24.2 Å². The maximum Gasteiger partial charge on any atom is 0.227 e. The van der Waals surface area contributed by atoms with E-state index in [9.17, 15) is 9.59 Å². The Kier molecular flexibility index (Phi) is 6.33. The molecule has 0 bridgehead atoms. The predicted octanol–water partition coefficient (Wildman–Crippen LogP) is 5.22. The van der Waals surface area contributed by atoms with Gasteiger partial charge in [0, 0.05) is 23.2 Å². The molecule has 4 atom stereocenters. The van der Waals surface area contributed by atoms with Crippen molar-refractivity contribution in [1.82, 2.24) is 0 Å². The van der Waals surface area contributed by atoms with Crippen LogP contribution in [-0.4, -0.2) is 11.8 Å². The van der Waals surface area contributed by atoms with E-state index < -0.39 is 0 Å². The quantitative estimate of drug-likeness (QED) is 0.604. The van der Waals surface area contributed by atoms with Crippen LogP contribution in [0.2, 0.25) is 0 Å². The summed E-state index contributed by atoms with van der Waals surface area (Å²) in [5.41, 5.74) is 1.61. The molecule has 0 aliphatic heterocycles. The normalized spacial score (nSPS) is 26.2. The number of hydrogen-bond acceptors (Lipinski definition) is 2. The average Bonchev–Trinajstić information content (AvgIpc) is 3.54. The number of unbranched alkanes of at least 4 members (excludes halogenated alkanes) is 2. The first-order valence-electron chi connectivity index (χ1n) is 10.3. The lowest BCUT2D eigenvalue weighted by atomic mass is 10.1. The molecule has 1 aromatic carbocycles. The van der Waals surface area contributed by atoms with Gasteiger partial charge in [-0.25, -0.2) is 0 Å². The van der Waals surface area contributed by atoms with Crippen LogP contribution in [-0.2, 0) is 9.59 Å². The smallest absolute Gasteiger partial charge is 0.227 e. The Hall–Kier alpha value is -1.84. The lowest BCUT2D eigenvalue weighted by Crippen LogP contribution is -2.16. The van der Waals surface area contributed by atoms with E-state index in [2.05, 4.69) is 24.5 Å². The third kappa shape index (κ3) is 5.09. The fourth-order valence-corrected chi connectivity index (χ4v) is 3.81. The second-order valence-corrected chi connectivity index (χ2v) is 8.04. The molecule has 0 heterocycles. The van der Waals surface area contributed by atoms with Gasteiger partial charge in [0.2, 0.25) is 11.8 Å². The Morgan fingerprint density at radius 1 is 0.808 bits per heavy atom. The van der Waals surface area contributed by atoms with E-state index in [1.54, 1.807) is 0 Å². The highest BCUT2D eigenvalue weighted by Gasteiger charge is 2.42. The van der Waals surface area contributed by atoms with Crippen LogP contribution >= 0.6 is 0 Å². The van der Waals surface area contributed by atoms with Gasteiger partial charge < -0.3 is 10.6 Å². The maximum absolute atomic E-state index is 12.3. The van der Waals surface area contributed by atoms with Crippen molar-refractivity contribution in [3.8, 4) is 0 Å². The van der Waals surface area contributed by atoms with Gasteiger partial charge in [-0.05, 0) is 61.8 Å². The monoisotopic (exact) mass is 356 g/mol. The minimum absolute atomic E-state index is 0.139. The summed E-state index contributed by atoms with van der Waals surface area (Å²) in [5.74, 6) is 1.81. The Labute approximate surface area is 157 Å². The molecule has 0 aromatic heterocycles. The van der Waals surface area contributed by atoms with Gasteiger partial charge in [0.15, 0.2) is 0 Å². The molecule has 4 nitrogen and oxygen atoms in total.